The molecule has 0 amide bonds. The fourth-order valence-electron chi connectivity index (χ4n) is 2.41. The third-order valence-electron chi connectivity index (χ3n) is 3.21. The smallest absolute Gasteiger partial charge is 0.0771 e. The fourth-order valence-corrected chi connectivity index (χ4v) is 2.41. The lowest BCUT2D eigenvalue weighted by atomic mass is 10.1. The van der Waals surface area contributed by atoms with E-state index in [-0.39, 0.29) is 0 Å². The lowest BCUT2D eigenvalue weighted by Crippen LogP contribution is -2.37. The average Bonchev–Trinajstić information content (AvgIpc) is 2.56. The molecule has 0 radical (unpaired) electrons. The zero-order chi connectivity index (χ0) is 11.9. The number of hydrogen-bond donors (Lipinski definition) is 1. The summed E-state index contributed by atoms with van der Waals surface area (Å²) in [6.07, 6.45) is 5.46. The highest BCUT2D eigenvalue weighted by molar-refractivity contribution is 4.99. The van der Waals surface area contributed by atoms with Gasteiger partial charge in [0, 0.05) is 25.3 Å². The predicted octanol–water partition coefficient (Wildman–Crippen LogP) is 1.44. The molecule has 0 spiro atoms. The molecule has 0 bridgehead atoms. The van der Waals surface area contributed by atoms with Gasteiger partial charge in [0.1, 0.15) is 0 Å². The summed E-state index contributed by atoms with van der Waals surface area (Å²) in [4.78, 5) is 2.49. The summed E-state index contributed by atoms with van der Waals surface area (Å²) >= 11 is 0. The van der Waals surface area contributed by atoms with Gasteiger partial charge in [-0.15, -0.1) is 0 Å². The van der Waals surface area contributed by atoms with Crippen LogP contribution in [0, 0.1) is 0 Å². The van der Waals surface area contributed by atoms with Gasteiger partial charge in [0.15, 0.2) is 0 Å². The molecule has 4 heteroatoms. The molecule has 94 valence electrons. The van der Waals surface area contributed by atoms with Gasteiger partial charge in [0.25, 0.3) is 0 Å². The number of aromatic nitrogens is 2. The quantitative estimate of drug-likeness (QED) is 0.856. The Bertz CT molecular complexity index is 314. The number of nitrogens with zero attached hydrogens (tertiary/aromatic N) is 3. The number of hydrogen-bond acceptors (Lipinski definition) is 4. The van der Waals surface area contributed by atoms with Gasteiger partial charge in [0.2, 0.25) is 0 Å². The largest absolute Gasteiger partial charge is 0.313 e. The lowest BCUT2D eigenvalue weighted by molar-refractivity contribution is 0.251. The first-order valence-electron chi connectivity index (χ1n) is 6.61. The van der Waals surface area contributed by atoms with E-state index in [2.05, 4.69) is 33.4 Å². The first-order chi connectivity index (χ1) is 8.38. The van der Waals surface area contributed by atoms with Crippen molar-refractivity contribution in [1.29, 1.82) is 0 Å². The van der Waals surface area contributed by atoms with Gasteiger partial charge in [-0.05, 0) is 38.1 Å². The molecular weight excluding hydrogens is 212 g/mol. The van der Waals surface area contributed by atoms with Crippen LogP contribution in [0.4, 0.5) is 0 Å². The summed E-state index contributed by atoms with van der Waals surface area (Å²) in [7, 11) is 0. The second-order valence-electron chi connectivity index (χ2n) is 4.74. The van der Waals surface area contributed by atoms with Crippen molar-refractivity contribution >= 4 is 0 Å². The second-order valence-corrected chi connectivity index (χ2v) is 4.74. The van der Waals surface area contributed by atoms with E-state index in [0.29, 0.717) is 6.04 Å². The van der Waals surface area contributed by atoms with E-state index >= 15 is 0 Å². The second kappa shape index (κ2) is 6.67. The zero-order valence-electron chi connectivity index (χ0n) is 10.6. The summed E-state index contributed by atoms with van der Waals surface area (Å²) in [6.45, 7) is 6.60. The molecule has 1 aromatic heterocycles. The van der Waals surface area contributed by atoms with Crippen molar-refractivity contribution in [3.63, 3.8) is 0 Å². The molecule has 1 atom stereocenters. The van der Waals surface area contributed by atoms with E-state index in [4.69, 9.17) is 0 Å². The molecule has 1 saturated heterocycles. The molecular formula is C13H22N4. The molecule has 1 fully saturated rings. The van der Waals surface area contributed by atoms with Crippen LogP contribution < -0.4 is 5.32 Å². The summed E-state index contributed by atoms with van der Waals surface area (Å²) in [5, 5.41) is 11.7. The van der Waals surface area contributed by atoms with Crippen molar-refractivity contribution in [2.75, 3.05) is 19.6 Å². The first kappa shape index (κ1) is 12.5. The van der Waals surface area contributed by atoms with Crippen molar-refractivity contribution in [2.24, 2.45) is 0 Å². The summed E-state index contributed by atoms with van der Waals surface area (Å²) < 4.78 is 0. The predicted molar refractivity (Wildman–Crippen MR) is 68.6 cm³/mol. The summed E-state index contributed by atoms with van der Waals surface area (Å²) in [5.41, 5.74) is 1.07. The third kappa shape index (κ3) is 4.06. The van der Waals surface area contributed by atoms with E-state index in [1.54, 1.807) is 6.20 Å². The van der Waals surface area contributed by atoms with Crippen LogP contribution in [-0.2, 0) is 6.54 Å². The Balaban J connectivity index is 1.90. The van der Waals surface area contributed by atoms with Crippen molar-refractivity contribution < 1.29 is 0 Å². The maximum atomic E-state index is 4.16. The Kier molecular flexibility index (Phi) is 4.88. The molecule has 1 aliphatic heterocycles. The van der Waals surface area contributed by atoms with E-state index < -0.39 is 0 Å². The van der Waals surface area contributed by atoms with E-state index in [1.807, 2.05) is 6.07 Å². The topological polar surface area (TPSA) is 41.1 Å². The SMILES string of the molecule is CCCC1CN(Cc2cccnn2)CCCN1. The van der Waals surface area contributed by atoms with Crippen LogP contribution in [0.2, 0.25) is 0 Å². The van der Waals surface area contributed by atoms with Crippen LogP contribution >= 0.6 is 0 Å². The maximum Gasteiger partial charge on any atom is 0.0771 e. The van der Waals surface area contributed by atoms with Crippen LogP contribution in [-0.4, -0.2) is 40.8 Å². The van der Waals surface area contributed by atoms with Crippen LogP contribution in [0.1, 0.15) is 31.9 Å². The third-order valence-corrected chi connectivity index (χ3v) is 3.21. The molecule has 17 heavy (non-hydrogen) atoms. The molecule has 0 aliphatic carbocycles. The minimum atomic E-state index is 0.638. The minimum absolute atomic E-state index is 0.638. The van der Waals surface area contributed by atoms with E-state index in [1.165, 1.54) is 19.3 Å². The maximum absolute atomic E-state index is 4.16. The highest BCUT2D eigenvalue weighted by Crippen LogP contribution is 2.08. The molecule has 1 unspecified atom stereocenters. The molecule has 2 rings (SSSR count). The Hall–Kier alpha value is -1.00. The van der Waals surface area contributed by atoms with Gasteiger partial charge in [-0.2, -0.15) is 10.2 Å². The first-order valence-corrected chi connectivity index (χ1v) is 6.61. The highest BCUT2D eigenvalue weighted by Gasteiger charge is 2.17. The Labute approximate surface area is 103 Å². The van der Waals surface area contributed by atoms with Crippen LogP contribution in [0.5, 0.6) is 0 Å². The van der Waals surface area contributed by atoms with Gasteiger partial charge >= 0.3 is 0 Å². The van der Waals surface area contributed by atoms with Crippen molar-refractivity contribution in [1.82, 2.24) is 20.4 Å². The van der Waals surface area contributed by atoms with Gasteiger partial charge in [-0.25, -0.2) is 0 Å². The zero-order valence-corrected chi connectivity index (χ0v) is 10.6. The number of rotatable bonds is 4. The van der Waals surface area contributed by atoms with Crippen molar-refractivity contribution in [2.45, 2.75) is 38.8 Å². The Morgan fingerprint density at radius 1 is 1.53 bits per heavy atom. The van der Waals surface area contributed by atoms with Gasteiger partial charge in [-0.3, -0.25) is 4.90 Å². The standard InChI is InChI=1S/C13H22N4/c1-2-5-12-10-17(9-4-7-14-12)11-13-6-3-8-15-16-13/h3,6,8,12,14H,2,4-5,7,9-11H2,1H3. The molecule has 4 nitrogen and oxygen atoms in total. The Morgan fingerprint density at radius 3 is 3.24 bits per heavy atom. The Morgan fingerprint density at radius 2 is 2.47 bits per heavy atom. The van der Waals surface area contributed by atoms with Crippen LogP contribution in [0.25, 0.3) is 0 Å². The van der Waals surface area contributed by atoms with Gasteiger partial charge in [-0.1, -0.05) is 13.3 Å². The fraction of sp³-hybridized carbons (Fsp3) is 0.692. The molecule has 1 aromatic rings. The molecule has 1 aliphatic rings. The molecule has 1 N–H and O–H groups in total. The van der Waals surface area contributed by atoms with Gasteiger partial charge in [0.05, 0.1) is 5.69 Å². The monoisotopic (exact) mass is 234 g/mol. The highest BCUT2D eigenvalue weighted by atomic mass is 15.2. The summed E-state index contributed by atoms with van der Waals surface area (Å²) in [5.74, 6) is 0. The molecule has 0 aromatic carbocycles. The van der Waals surface area contributed by atoms with Gasteiger partial charge < -0.3 is 5.32 Å². The minimum Gasteiger partial charge on any atom is -0.313 e. The molecule has 2 heterocycles. The average molecular weight is 234 g/mol. The van der Waals surface area contributed by atoms with Crippen LogP contribution in [0.3, 0.4) is 0 Å². The normalized spacial score (nSPS) is 22.3. The van der Waals surface area contributed by atoms with E-state index in [0.717, 1.165) is 31.9 Å². The van der Waals surface area contributed by atoms with Crippen LogP contribution in [0.15, 0.2) is 18.3 Å². The molecule has 0 saturated carbocycles. The van der Waals surface area contributed by atoms with Crippen molar-refractivity contribution in [3.05, 3.63) is 24.0 Å². The number of nitrogens with one attached hydrogen (secondary N) is 1. The van der Waals surface area contributed by atoms with Crippen molar-refractivity contribution in [3.8, 4) is 0 Å². The lowest BCUT2D eigenvalue weighted by Gasteiger charge is -2.23. The summed E-state index contributed by atoms with van der Waals surface area (Å²) in [6, 6.07) is 4.65. The van der Waals surface area contributed by atoms with E-state index in [9.17, 15) is 0 Å².